The minimum Gasteiger partial charge on any atom is -0.491 e. The number of rotatable bonds is 8. The number of thioether (sulfide) groups is 1. The molecule has 1 aromatic carbocycles. The van der Waals surface area contributed by atoms with Crippen LogP contribution in [0.25, 0.3) is 0 Å². The summed E-state index contributed by atoms with van der Waals surface area (Å²) in [4.78, 5) is 49.8. The van der Waals surface area contributed by atoms with Crippen LogP contribution in [0.1, 0.15) is 43.9 Å². The molecule has 0 spiro atoms. The van der Waals surface area contributed by atoms with Gasteiger partial charge < -0.3 is 25.2 Å². The Hall–Kier alpha value is -3.57. The number of nitrogens with one attached hydrogen (secondary N) is 2. The molecule has 5 rings (SSSR count). The molecule has 218 valence electrons. The van der Waals surface area contributed by atoms with Crippen LogP contribution in [0.4, 0.5) is 16.2 Å². The number of piperidine rings is 1. The Bertz CT molecular complexity index is 1360. The molecule has 0 bridgehead atoms. The molecule has 4 amide bonds. The van der Waals surface area contributed by atoms with Gasteiger partial charge in [-0.3, -0.25) is 14.5 Å². The number of likely N-dealkylation sites (N-methyl/N-ethyl adjacent to an activating group) is 1. The third-order valence-corrected chi connectivity index (χ3v) is 8.64. The minimum absolute atomic E-state index is 0.0407. The summed E-state index contributed by atoms with van der Waals surface area (Å²) in [6, 6.07) is 6.57. The topological polar surface area (TPSA) is 107 Å². The highest BCUT2D eigenvalue weighted by atomic mass is 32.2. The van der Waals surface area contributed by atoms with Crippen molar-refractivity contribution < 1.29 is 19.1 Å². The highest BCUT2D eigenvalue weighted by molar-refractivity contribution is 8.01. The zero-order valence-corrected chi connectivity index (χ0v) is 25.0. The highest BCUT2D eigenvalue weighted by Gasteiger charge is 2.47. The maximum absolute atomic E-state index is 13.6. The molecule has 0 aliphatic carbocycles. The second-order valence-electron chi connectivity index (χ2n) is 11.3. The average molecular weight is 579 g/mol. The van der Waals surface area contributed by atoms with E-state index in [1.807, 2.05) is 70.1 Å². The van der Waals surface area contributed by atoms with Gasteiger partial charge >= 0.3 is 6.03 Å². The fourth-order valence-corrected chi connectivity index (χ4v) is 6.77. The molecule has 1 saturated heterocycles. The van der Waals surface area contributed by atoms with Crippen molar-refractivity contribution in [1.82, 2.24) is 25.4 Å². The molecule has 11 heteroatoms. The fourth-order valence-electron chi connectivity index (χ4n) is 5.54. The van der Waals surface area contributed by atoms with Gasteiger partial charge in [-0.1, -0.05) is 17.8 Å². The molecule has 3 atom stereocenters. The molecule has 0 saturated carbocycles. The maximum Gasteiger partial charge on any atom is 0.327 e. The molecule has 2 unspecified atom stereocenters. The first-order valence-corrected chi connectivity index (χ1v) is 14.9. The molecule has 3 aliphatic heterocycles. The van der Waals surface area contributed by atoms with Crippen molar-refractivity contribution in [1.29, 1.82) is 0 Å². The van der Waals surface area contributed by atoms with Crippen LogP contribution in [0.2, 0.25) is 0 Å². The Kier molecular flexibility index (Phi) is 8.55. The molecular formula is C30H38N6O4S. The van der Waals surface area contributed by atoms with E-state index in [2.05, 4.69) is 15.6 Å². The Balaban J connectivity index is 1.31. The predicted octanol–water partition coefficient (Wildman–Crippen LogP) is 3.78. The number of amides is 4. The second kappa shape index (κ2) is 12.1. The van der Waals surface area contributed by atoms with Crippen molar-refractivity contribution in [2.24, 2.45) is 0 Å². The Labute approximate surface area is 245 Å². The summed E-state index contributed by atoms with van der Waals surface area (Å²) in [5, 5.41) is 6.42. The van der Waals surface area contributed by atoms with E-state index in [1.54, 1.807) is 22.1 Å². The number of ether oxygens (including phenoxy) is 1. The number of nitrogens with zero attached hydrogens (tertiary/aromatic N) is 4. The Morgan fingerprint density at radius 3 is 2.80 bits per heavy atom. The van der Waals surface area contributed by atoms with Crippen LogP contribution in [0.15, 0.2) is 47.6 Å². The van der Waals surface area contributed by atoms with Gasteiger partial charge in [-0.05, 0) is 77.5 Å². The van der Waals surface area contributed by atoms with E-state index in [9.17, 15) is 14.4 Å². The molecular weight excluding hydrogens is 540 g/mol. The first-order valence-electron chi connectivity index (χ1n) is 14.1. The van der Waals surface area contributed by atoms with Gasteiger partial charge in [0.05, 0.1) is 23.5 Å². The summed E-state index contributed by atoms with van der Waals surface area (Å²) in [5.41, 5.74) is 3.22. The van der Waals surface area contributed by atoms with Gasteiger partial charge in [0.25, 0.3) is 0 Å². The van der Waals surface area contributed by atoms with E-state index in [0.717, 1.165) is 46.1 Å². The van der Waals surface area contributed by atoms with Crippen LogP contribution in [0.3, 0.4) is 0 Å². The van der Waals surface area contributed by atoms with E-state index in [1.165, 1.54) is 11.8 Å². The van der Waals surface area contributed by atoms with Crippen molar-refractivity contribution in [2.45, 2.75) is 62.1 Å². The predicted molar refractivity (Wildman–Crippen MR) is 160 cm³/mol. The number of aromatic nitrogens is 1. The molecule has 1 aromatic heterocycles. The number of carbonyl (C=O) groups excluding carboxylic acids is 3. The molecule has 3 aliphatic rings. The molecule has 0 radical (unpaired) electrons. The Morgan fingerprint density at radius 1 is 1.27 bits per heavy atom. The van der Waals surface area contributed by atoms with Gasteiger partial charge in [-0.2, -0.15) is 0 Å². The molecule has 10 nitrogen and oxygen atoms in total. The number of hydrogen-bond donors (Lipinski definition) is 2. The van der Waals surface area contributed by atoms with Crippen molar-refractivity contribution in [3.63, 3.8) is 0 Å². The lowest BCUT2D eigenvalue weighted by Gasteiger charge is -2.36. The van der Waals surface area contributed by atoms with Gasteiger partial charge in [0.15, 0.2) is 0 Å². The fraction of sp³-hybridized carbons (Fsp3) is 0.467. The average Bonchev–Trinajstić information content (AvgIpc) is 3.29. The van der Waals surface area contributed by atoms with E-state index >= 15 is 0 Å². The SMILES string of the molecule is Cc1cc(OC(C)C)ccc1N1C(=O)NC2c3c1ccnc3S[C@H]2C(=O)NC1CCCN(C(=O)/C=C/CN(C)C)C1. The maximum atomic E-state index is 13.6. The third-order valence-electron chi connectivity index (χ3n) is 7.36. The van der Waals surface area contributed by atoms with E-state index in [-0.39, 0.29) is 30.0 Å². The number of carbonyl (C=O) groups is 3. The zero-order chi connectivity index (χ0) is 29.3. The van der Waals surface area contributed by atoms with Crippen molar-refractivity contribution in [3.8, 4) is 5.75 Å². The van der Waals surface area contributed by atoms with Crippen LogP contribution >= 0.6 is 11.8 Å². The number of pyridine rings is 1. The van der Waals surface area contributed by atoms with Crippen LogP contribution in [-0.4, -0.2) is 83.8 Å². The number of hydrogen-bond acceptors (Lipinski definition) is 7. The van der Waals surface area contributed by atoms with E-state index < -0.39 is 11.3 Å². The standard InChI is InChI=1S/C30H38N6O4S/c1-18(2)40-21-10-11-22(19(3)16-21)36-23-12-13-31-29-25(23)26(33-30(36)39)27(41-29)28(38)32-20-8-6-15-35(17-20)24(37)9-7-14-34(4)5/h7,9-13,16,18,20,26-27H,6,8,14-15,17H2,1-5H3,(H,32,38)(H,33,39)/b9-7+/t20?,26?,27-/m1/s1. The van der Waals surface area contributed by atoms with Gasteiger partial charge in [0.1, 0.15) is 16.0 Å². The number of aryl methyl sites for hydroxylation is 1. The first-order chi connectivity index (χ1) is 19.6. The third kappa shape index (κ3) is 6.20. The lowest BCUT2D eigenvalue weighted by molar-refractivity contribution is -0.129. The molecule has 1 fully saturated rings. The summed E-state index contributed by atoms with van der Waals surface area (Å²) in [5.74, 6) is 0.545. The van der Waals surface area contributed by atoms with Crippen molar-refractivity contribution >= 4 is 41.0 Å². The van der Waals surface area contributed by atoms with E-state index in [4.69, 9.17) is 4.74 Å². The summed E-state index contributed by atoms with van der Waals surface area (Å²) in [6.45, 7) is 7.72. The quantitative estimate of drug-likeness (QED) is 0.459. The summed E-state index contributed by atoms with van der Waals surface area (Å²) in [6.07, 6.45) is 6.81. The zero-order valence-electron chi connectivity index (χ0n) is 24.2. The monoisotopic (exact) mass is 578 g/mol. The molecule has 2 aromatic rings. The van der Waals surface area contributed by atoms with Gasteiger partial charge in [0, 0.05) is 43.5 Å². The number of anilines is 2. The minimum atomic E-state index is -0.557. The van der Waals surface area contributed by atoms with E-state index in [0.29, 0.717) is 19.6 Å². The number of likely N-dealkylation sites (tertiary alicyclic amines) is 1. The summed E-state index contributed by atoms with van der Waals surface area (Å²) in [7, 11) is 3.90. The van der Waals surface area contributed by atoms with Gasteiger partial charge in [0.2, 0.25) is 11.8 Å². The van der Waals surface area contributed by atoms with Crippen LogP contribution in [-0.2, 0) is 9.59 Å². The smallest absolute Gasteiger partial charge is 0.327 e. The number of benzene rings is 1. The van der Waals surface area contributed by atoms with Crippen LogP contribution in [0.5, 0.6) is 5.75 Å². The van der Waals surface area contributed by atoms with Gasteiger partial charge in [-0.25, -0.2) is 9.78 Å². The molecule has 2 N–H and O–H groups in total. The number of urea groups is 1. The molecule has 4 heterocycles. The molecule has 41 heavy (non-hydrogen) atoms. The van der Waals surface area contributed by atoms with Gasteiger partial charge in [-0.15, -0.1) is 0 Å². The van der Waals surface area contributed by atoms with Crippen LogP contribution in [0, 0.1) is 6.92 Å². The first kappa shape index (κ1) is 28.9. The van der Waals surface area contributed by atoms with Crippen LogP contribution < -0.4 is 20.3 Å². The highest BCUT2D eigenvalue weighted by Crippen LogP contribution is 2.51. The lowest BCUT2D eigenvalue weighted by atomic mass is 9.98. The largest absolute Gasteiger partial charge is 0.491 e. The second-order valence-corrected chi connectivity index (χ2v) is 12.4. The summed E-state index contributed by atoms with van der Waals surface area (Å²) >= 11 is 1.37. The van der Waals surface area contributed by atoms with Crippen molar-refractivity contribution in [3.05, 3.63) is 53.7 Å². The lowest BCUT2D eigenvalue weighted by Crippen LogP contribution is -2.53. The Morgan fingerprint density at radius 2 is 2.07 bits per heavy atom. The van der Waals surface area contributed by atoms with Crippen molar-refractivity contribution in [2.75, 3.05) is 38.6 Å². The summed E-state index contributed by atoms with van der Waals surface area (Å²) < 4.78 is 5.82. The normalized spacial score (nSPS) is 21.8.